The summed E-state index contributed by atoms with van der Waals surface area (Å²) >= 11 is 2.04. The highest BCUT2D eigenvalue weighted by Gasteiger charge is 2.43. The first-order valence-electron chi connectivity index (χ1n) is 6.59. The molecule has 0 aromatic heterocycles. The maximum atomic E-state index is 11.0. The number of aliphatic hydroxyl groups is 1. The third kappa shape index (κ3) is 2.04. The monoisotopic (exact) mass is 259 g/mol. The van der Waals surface area contributed by atoms with Gasteiger partial charge in [0, 0.05) is 16.1 Å². The Labute approximate surface area is 112 Å². The lowest BCUT2D eigenvalue weighted by atomic mass is 9.79. The van der Waals surface area contributed by atoms with Crippen LogP contribution in [0, 0.1) is 11.3 Å². The van der Waals surface area contributed by atoms with Crippen molar-refractivity contribution in [2.45, 2.75) is 48.2 Å². The van der Waals surface area contributed by atoms with E-state index in [2.05, 4.69) is 6.07 Å². The lowest BCUT2D eigenvalue weighted by Gasteiger charge is -2.44. The van der Waals surface area contributed by atoms with Crippen LogP contribution in [0.3, 0.4) is 0 Å². The minimum absolute atomic E-state index is 0.564. The Kier molecular flexibility index (Phi) is 3.09. The van der Waals surface area contributed by atoms with E-state index in [1.54, 1.807) is 0 Å². The predicted octanol–water partition coefficient (Wildman–Crippen LogP) is 3.19. The van der Waals surface area contributed by atoms with Crippen LogP contribution in [0.2, 0.25) is 0 Å². The second-order valence-electron chi connectivity index (χ2n) is 5.41. The molecular weight excluding hydrogens is 242 g/mol. The number of fused-ring (bicyclic) bond motifs is 2. The fourth-order valence-electron chi connectivity index (χ4n) is 3.32. The molecule has 2 bridgehead atoms. The largest absolute Gasteiger partial charge is 0.385 e. The molecule has 0 radical (unpaired) electrons. The molecule has 2 saturated heterocycles. The first-order chi connectivity index (χ1) is 8.71. The Hall–Kier alpha value is -0.980. The van der Waals surface area contributed by atoms with Crippen molar-refractivity contribution in [2.75, 3.05) is 0 Å². The first kappa shape index (κ1) is 12.1. The molecule has 2 aliphatic heterocycles. The van der Waals surface area contributed by atoms with Crippen molar-refractivity contribution in [1.82, 2.24) is 0 Å². The second-order valence-corrected chi connectivity index (χ2v) is 7.01. The van der Waals surface area contributed by atoms with Gasteiger partial charge in [0.1, 0.15) is 0 Å². The highest BCUT2D eigenvalue weighted by atomic mass is 32.2. The number of nitriles is 1. The molecule has 1 N–H and O–H groups in total. The summed E-state index contributed by atoms with van der Waals surface area (Å²) in [5, 5.41) is 21.3. The summed E-state index contributed by atoms with van der Waals surface area (Å²) in [6.45, 7) is 0. The molecule has 1 aromatic rings. The minimum atomic E-state index is -0.784. The average molecular weight is 259 g/mol. The summed E-state index contributed by atoms with van der Waals surface area (Å²) in [4.78, 5) is 0. The van der Waals surface area contributed by atoms with Crippen LogP contribution in [0.25, 0.3) is 0 Å². The van der Waals surface area contributed by atoms with E-state index in [4.69, 9.17) is 0 Å². The van der Waals surface area contributed by atoms with Crippen LogP contribution >= 0.6 is 11.8 Å². The molecule has 3 rings (SSSR count). The Morgan fingerprint density at radius 1 is 1.22 bits per heavy atom. The molecule has 18 heavy (non-hydrogen) atoms. The van der Waals surface area contributed by atoms with Gasteiger partial charge in [0.05, 0.1) is 17.2 Å². The van der Waals surface area contributed by atoms with E-state index in [9.17, 15) is 10.4 Å². The Bertz CT molecular complexity index is 482. The van der Waals surface area contributed by atoms with Crippen molar-refractivity contribution >= 4 is 11.8 Å². The van der Waals surface area contributed by atoms with Gasteiger partial charge in [0.25, 0.3) is 0 Å². The number of hydrogen-bond donors (Lipinski definition) is 1. The maximum Gasteiger partial charge on any atom is 0.0995 e. The molecule has 1 aromatic carbocycles. The van der Waals surface area contributed by atoms with Crippen molar-refractivity contribution in [3.8, 4) is 6.07 Å². The standard InChI is InChI=1S/C15H17NOS/c16-10-11-4-1-2-7-14(11)15(17)8-12-5-3-6-13(9-15)18-12/h1-2,4,7,12-13,17H,3,5-6,8-9H2. The zero-order valence-corrected chi connectivity index (χ0v) is 11.1. The van der Waals surface area contributed by atoms with Crippen LogP contribution < -0.4 is 0 Å². The highest BCUT2D eigenvalue weighted by Crippen LogP contribution is 2.49. The van der Waals surface area contributed by atoms with Gasteiger partial charge in [-0.25, -0.2) is 0 Å². The van der Waals surface area contributed by atoms with Gasteiger partial charge in [-0.3, -0.25) is 0 Å². The number of nitrogens with zero attached hydrogens (tertiary/aromatic N) is 1. The number of benzene rings is 1. The molecule has 2 aliphatic rings. The van der Waals surface area contributed by atoms with Gasteiger partial charge in [-0.05, 0) is 31.7 Å². The van der Waals surface area contributed by atoms with Gasteiger partial charge in [0.2, 0.25) is 0 Å². The zero-order chi connectivity index (χ0) is 12.6. The third-order valence-electron chi connectivity index (χ3n) is 4.12. The third-order valence-corrected chi connectivity index (χ3v) is 5.69. The van der Waals surface area contributed by atoms with E-state index in [0.717, 1.165) is 18.4 Å². The molecule has 0 spiro atoms. The van der Waals surface area contributed by atoms with Gasteiger partial charge in [-0.1, -0.05) is 24.6 Å². The van der Waals surface area contributed by atoms with Crippen molar-refractivity contribution < 1.29 is 5.11 Å². The van der Waals surface area contributed by atoms with Crippen molar-refractivity contribution in [3.63, 3.8) is 0 Å². The molecule has 0 amide bonds. The molecular formula is C15H17NOS. The summed E-state index contributed by atoms with van der Waals surface area (Å²) in [5.41, 5.74) is 0.683. The smallest absolute Gasteiger partial charge is 0.0995 e. The van der Waals surface area contributed by atoms with E-state index >= 15 is 0 Å². The lowest BCUT2D eigenvalue weighted by Crippen LogP contribution is -2.41. The van der Waals surface area contributed by atoms with E-state index in [0.29, 0.717) is 16.1 Å². The van der Waals surface area contributed by atoms with Crippen LogP contribution in [-0.2, 0) is 5.60 Å². The molecule has 2 fully saturated rings. The molecule has 2 nitrogen and oxygen atoms in total. The number of thioether (sulfide) groups is 1. The lowest BCUT2D eigenvalue weighted by molar-refractivity contribution is 0.00789. The molecule has 0 saturated carbocycles. The van der Waals surface area contributed by atoms with Gasteiger partial charge >= 0.3 is 0 Å². The number of hydrogen-bond acceptors (Lipinski definition) is 3. The topological polar surface area (TPSA) is 44.0 Å². The van der Waals surface area contributed by atoms with Gasteiger partial charge < -0.3 is 5.11 Å². The SMILES string of the molecule is N#Cc1ccccc1C1(O)CC2CCCC(C1)S2. The molecule has 2 heterocycles. The van der Waals surface area contributed by atoms with E-state index in [-0.39, 0.29) is 0 Å². The predicted molar refractivity (Wildman–Crippen MR) is 73.3 cm³/mol. The molecule has 94 valence electrons. The van der Waals surface area contributed by atoms with Gasteiger partial charge in [0.15, 0.2) is 0 Å². The summed E-state index contributed by atoms with van der Waals surface area (Å²) < 4.78 is 0. The fraction of sp³-hybridized carbons (Fsp3) is 0.533. The van der Waals surface area contributed by atoms with Crippen molar-refractivity contribution in [2.24, 2.45) is 0 Å². The summed E-state index contributed by atoms with van der Waals surface area (Å²) in [6.07, 6.45) is 5.30. The fourth-order valence-corrected chi connectivity index (χ4v) is 5.22. The maximum absolute atomic E-state index is 11.0. The first-order valence-corrected chi connectivity index (χ1v) is 7.53. The minimum Gasteiger partial charge on any atom is -0.385 e. The second kappa shape index (κ2) is 4.60. The molecule has 3 heteroatoms. The van der Waals surface area contributed by atoms with E-state index in [1.165, 1.54) is 19.3 Å². The Balaban J connectivity index is 1.97. The van der Waals surface area contributed by atoms with Crippen LogP contribution in [0.15, 0.2) is 24.3 Å². The van der Waals surface area contributed by atoms with Crippen molar-refractivity contribution in [3.05, 3.63) is 35.4 Å². The van der Waals surface area contributed by atoms with E-state index in [1.807, 2.05) is 36.0 Å². The van der Waals surface area contributed by atoms with Crippen LogP contribution in [0.1, 0.15) is 43.2 Å². The number of rotatable bonds is 1. The average Bonchev–Trinajstić information content (AvgIpc) is 2.38. The Morgan fingerprint density at radius 2 is 1.89 bits per heavy atom. The normalized spacial score (nSPS) is 34.9. The van der Waals surface area contributed by atoms with Gasteiger partial charge in [-0.2, -0.15) is 17.0 Å². The highest BCUT2D eigenvalue weighted by molar-refractivity contribution is 8.00. The van der Waals surface area contributed by atoms with Crippen LogP contribution in [-0.4, -0.2) is 15.6 Å². The van der Waals surface area contributed by atoms with Gasteiger partial charge in [-0.15, -0.1) is 0 Å². The summed E-state index contributed by atoms with van der Waals surface area (Å²) in [6, 6.07) is 9.74. The molecule has 0 aliphatic carbocycles. The quantitative estimate of drug-likeness (QED) is 0.842. The molecule has 2 unspecified atom stereocenters. The molecule has 2 atom stereocenters. The summed E-state index contributed by atoms with van der Waals surface area (Å²) in [7, 11) is 0. The van der Waals surface area contributed by atoms with E-state index < -0.39 is 5.60 Å². The van der Waals surface area contributed by atoms with Crippen LogP contribution in [0.5, 0.6) is 0 Å². The van der Waals surface area contributed by atoms with Crippen LogP contribution in [0.4, 0.5) is 0 Å². The summed E-state index contributed by atoms with van der Waals surface area (Å²) in [5.74, 6) is 0. The zero-order valence-electron chi connectivity index (χ0n) is 10.3. The Morgan fingerprint density at radius 3 is 2.56 bits per heavy atom. The van der Waals surface area contributed by atoms with Crippen molar-refractivity contribution in [1.29, 1.82) is 5.26 Å².